The molecule has 0 atom stereocenters. The predicted octanol–water partition coefficient (Wildman–Crippen LogP) is 3.24. The van der Waals surface area contributed by atoms with Crippen LogP contribution in [0.2, 0.25) is 0 Å². The first-order valence-corrected chi connectivity index (χ1v) is 6.34. The zero-order chi connectivity index (χ0) is 14.3. The Bertz CT molecular complexity index is 890. The minimum absolute atomic E-state index is 0.0767. The highest BCUT2D eigenvalue weighted by Crippen LogP contribution is 2.29. The van der Waals surface area contributed by atoms with Crippen LogP contribution in [0.5, 0.6) is 5.75 Å². The van der Waals surface area contributed by atoms with Crippen molar-refractivity contribution in [3.8, 4) is 5.75 Å². The maximum Gasteiger partial charge on any atom is 0.200 e. The number of hydrogen-bond acceptors (Lipinski definition) is 4. The zero-order valence-corrected chi connectivity index (χ0v) is 10.8. The van der Waals surface area contributed by atoms with E-state index in [1.807, 2.05) is 0 Å². The van der Waals surface area contributed by atoms with Gasteiger partial charge in [-0.3, -0.25) is 9.59 Å². The summed E-state index contributed by atoms with van der Waals surface area (Å²) >= 11 is 0. The fourth-order valence-electron chi connectivity index (χ4n) is 2.30. The van der Waals surface area contributed by atoms with Gasteiger partial charge < -0.3 is 9.52 Å². The van der Waals surface area contributed by atoms with Gasteiger partial charge >= 0.3 is 0 Å². The number of fused-ring (bicyclic) bond motifs is 2. The Morgan fingerprint density at radius 3 is 2.65 bits per heavy atom. The summed E-state index contributed by atoms with van der Waals surface area (Å²) in [4.78, 5) is 24.4. The molecular formula is C16H12O4. The topological polar surface area (TPSA) is 67.5 Å². The van der Waals surface area contributed by atoms with Gasteiger partial charge in [0.1, 0.15) is 16.9 Å². The van der Waals surface area contributed by atoms with Crippen molar-refractivity contribution < 1.29 is 14.3 Å². The molecule has 3 aromatic rings. The lowest BCUT2D eigenvalue weighted by molar-refractivity contribution is 0.0986. The average molecular weight is 268 g/mol. The molecule has 0 aliphatic rings. The van der Waals surface area contributed by atoms with Crippen LogP contribution in [0.15, 0.2) is 45.6 Å². The van der Waals surface area contributed by atoms with E-state index < -0.39 is 0 Å². The SMILES string of the molecule is CCC(=O)c1c(O)ccc2c(=O)c3ccccc3oc12. The van der Waals surface area contributed by atoms with Crippen molar-refractivity contribution >= 4 is 27.7 Å². The zero-order valence-electron chi connectivity index (χ0n) is 10.8. The Labute approximate surface area is 114 Å². The molecule has 100 valence electrons. The van der Waals surface area contributed by atoms with Gasteiger partial charge in [0, 0.05) is 6.42 Å². The molecule has 3 rings (SSSR count). The van der Waals surface area contributed by atoms with Crippen LogP contribution in [-0.4, -0.2) is 10.9 Å². The molecule has 0 bridgehead atoms. The van der Waals surface area contributed by atoms with Crippen LogP contribution in [0.3, 0.4) is 0 Å². The van der Waals surface area contributed by atoms with Crippen molar-refractivity contribution in [1.82, 2.24) is 0 Å². The smallest absolute Gasteiger partial charge is 0.200 e. The molecule has 1 aromatic heterocycles. The third-order valence-corrected chi connectivity index (χ3v) is 3.32. The summed E-state index contributed by atoms with van der Waals surface area (Å²) in [6.45, 7) is 1.69. The molecule has 1 heterocycles. The van der Waals surface area contributed by atoms with Crippen LogP contribution in [0, 0.1) is 0 Å². The van der Waals surface area contributed by atoms with Crippen molar-refractivity contribution in [1.29, 1.82) is 0 Å². The first kappa shape index (κ1) is 12.4. The number of phenols is 1. The normalized spacial score (nSPS) is 11.1. The Kier molecular flexibility index (Phi) is 2.79. The van der Waals surface area contributed by atoms with Crippen molar-refractivity contribution in [2.45, 2.75) is 13.3 Å². The van der Waals surface area contributed by atoms with E-state index >= 15 is 0 Å². The first-order chi connectivity index (χ1) is 9.63. The van der Waals surface area contributed by atoms with Gasteiger partial charge in [0.25, 0.3) is 0 Å². The van der Waals surface area contributed by atoms with Gasteiger partial charge in [-0.05, 0) is 24.3 Å². The van der Waals surface area contributed by atoms with Gasteiger partial charge in [0.2, 0.25) is 5.43 Å². The Morgan fingerprint density at radius 2 is 1.90 bits per heavy atom. The van der Waals surface area contributed by atoms with Crippen LogP contribution < -0.4 is 5.43 Å². The lowest BCUT2D eigenvalue weighted by Crippen LogP contribution is -2.06. The molecule has 0 saturated carbocycles. The number of Topliss-reactive ketones (excluding diaryl/α,β-unsaturated/α-hetero) is 1. The Morgan fingerprint density at radius 1 is 1.15 bits per heavy atom. The van der Waals surface area contributed by atoms with E-state index in [4.69, 9.17) is 4.42 Å². The molecule has 0 unspecified atom stereocenters. The minimum Gasteiger partial charge on any atom is -0.507 e. The quantitative estimate of drug-likeness (QED) is 0.572. The second kappa shape index (κ2) is 4.49. The minimum atomic E-state index is -0.258. The van der Waals surface area contributed by atoms with Crippen LogP contribution >= 0.6 is 0 Å². The number of carbonyl (C=O) groups is 1. The molecule has 0 fully saturated rings. The van der Waals surface area contributed by atoms with E-state index in [2.05, 4.69) is 0 Å². The molecule has 0 saturated heterocycles. The molecular weight excluding hydrogens is 256 g/mol. The Hall–Kier alpha value is -2.62. The molecule has 0 spiro atoms. The molecule has 4 nitrogen and oxygen atoms in total. The fourth-order valence-corrected chi connectivity index (χ4v) is 2.30. The van der Waals surface area contributed by atoms with Crippen LogP contribution in [-0.2, 0) is 0 Å². The number of para-hydroxylation sites is 1. The molecule has 20 heavy (non-hydrogen) atoms. The predicted molar refractivity (Wildman–Crippen MR) is 76.3 cm³/mol. The molecule has 0 aliphatic heterocycles. The highest BCUT2D eigenvalue weighted by molar-refractivity contribution is 6.09. The number of benzene rings is 2. The Balaban J connectivity index is 2.55. The third-order valence-electron chi connectivity index (χ3n) is 3.32. The number of ketones is 1. The number of carbonyl (C=O) groups excluding carboxylic acids is 1. The van der Waals surface area contributed by atoms with Gasteiger partial charge in [0.15, 0.2) is 11.4 Å². The first-order valence-electron chi connectivity index (χ1n) is 6.34. The summed E-state index contributed by atoms with van der Waals surface area (Å²) in [6, 6.07) is 9.69. The summed E-state index contributed by atoms with van der Waals surface area (Å²) in [5.74, 6) is -0.422. The van der Waals surface area contributed by atoms with Crippen LogP contribution in [0.4, 0.5) is 0 Å². The number of aromatic hydroxyl groups is 1. The lowest BCUT2D eigenvalue weighted by Gasteiger charge is -2.07. The summed E-state index contributed by atoms with van der Waals surface area (Å²) in [5, 5.41) is 10.7. The van der Waals surface area contributed by atoms with E-state index in [9.17, 15) is 14.7 Å². The summed E-state index contributed by atoms with van der Waals surface area (Å²) in [6.07, 6.45) is 0.225. The molecule has 0 radical (unpaired) electrons. The summed E-state index contributed by atoms with van der Waals surface area (Å²) in [5.41, 5.74) is 0.432. The van der Waals surface area contributed by atoms with Crippen molar-refractivity contribution in [2.75, 3.05) is 0 Å². The average Bonchev–Trinajstić information content (AvgIpc) is 2.46. The second-order valence-electron chi connectivity index (χ2n) is 4.54. The van der Waals surface area contributed by atoms with Crippen LogP contribution in [0.25, 0.3) is 21.9 Å². The van der Waals surface area contributed by atoms with Crippen molar-refractivity contribution in [2.24, 2.45) is 0 Å². The van der Waals surface area contributed by atoms with Gasteiger partial charge in [0.05, 0.1) is 10.8 Å². The highest BCUT2D eigenvalue weighted by Gasteiger charge is 2.18. The molecule has 4 heteroatoms. The molecule has 1 N–H and O–H groups in total. The van der Waals surface area contributed by atoms with Crippen molar-refractivity contribution in [3.63, 3.8) is 0 Å². The van der Waals surface area contributed by atoms with E-state index in [1.54, 1.807) is 31.2 Å². The molecule has 0 aliphatic carbocycles. The van der Waals surface area contributed by atoms with Crippen molar-refractivity contribution in [3.05, 3.63) is 52.2 Å². The van der Waals surface area contributed by atoms with Gasteiger partial charge in [-0.25, -0.2) is 0 Å². The second-order valence-corrected chi connectivity index (χ2v) is 4.54. The number of phenolic OH excluding ortho intramolecular Hbond substituents is 1. The standard InChI is InChI=1S/C16H12O4/c1-2-11(17)14-12(18)8-7-10-15(19)9-5-3-4-6-13(9)20-16(10)14/h3-8,18H,2H2,1H3. The lowest BCUT2D eigenvalue weighted by atomic mass is 10.0. The maximum absolute atomic E-state index is 12.4. The van der Waals surface area contributed by atoms with E-state index in [0.717, 1.165) is 0 Å². The monoisotopic (exact) mass is 268 g/mol. The maximum atomic E-state index is 12.4. The van der Waals surface area contributed by atoms with E-state index in [1.165, 1.54) is 12.1 Å². The van der Waals surface area contributed by atoms with Gasteiger partial charge in [-0.15, -0.1) is 0 Å². The molecule has 0 amide bonds. The third kappa shape index (κ3) is 1.69. The van der Waals surface area contributed by atoms with Gasteiger partial charge in [-0.1, -0.05) is 19.1 Å². The fraction of sp³-hybridized carbons (Fsp3) is 0.125. The van der Waals surface area contributed by atoms with Crippen LogP contribution in [0.1, 0.15) is 23.7 Å². The summed E-state index contributed by atoms with van der Waals surface area (Å²) < 4.78 is 5.68. The van der Waals surface area contributed by atoms with E-state index in [-0.39, 0.29) is 34.5 Å². The number of hydrogen-bond donors (Lipinski definition) is 1. The summed E-state index contributed by atoms with van der Waals surface area (Å²) in [7, 11) is 0. The van der Waals surface area contributed by atoms with Gasteiger partial charge in [-0.2, -0.15) is 0 Å². The van der Waals surface area contributed by atoms with E-state index in [0.29, 0.717) is 16.4 Å². The highest BCUT2D eigenvalue weighted by atomic mass is 16.3. The number of rotatable bonds is 2. The molecule has 2 aromatic carbocycles. The largest absolute Gasteiger partial charge is 0.507 e.